The molecule has 12 heavy (non-hydrogen) atoms. The van der Waals surface area contributed by atoms with Crippen LogP contribution in [0.1, 0.15) is 12.0 Å². The summed E-state index contributed by atoms with van der Waals surface area (Å²) in [4.78, 5) is 0. The van der Waals surface area contributed by atoms with Gasteiger partial charge in [0.25, 0.3) is 0 Å². The van der Waals surface area contributed by atoms with Crippen molar-refractivity contribution in [1.29, 1.82) is 0 Å². The molecule has 0 heterocycles. The molecule has 0 spiro atoms. The fourth-order valence-electron chi connectivity index (χ4n) is 1.02. The minimum atomic E-state index is 0. The van der Waals surface area contributed by atoms with E-state index in [2.05, 4.69) is 26.0 Å². The van der Waals surface area contributed by atoms with Gasteiger partial charge in [0.1, 0.15) is 0 Å². The number of benzene rings is 1. The van der Waals surface area contributed by atoms with Gasteiger partial charge in [-0.1, -0.05) is 30.3 Å². The molecule has 0 aliphatic rings. The standard InChI is InChI=1S/C11H12.Y/c1-3-10(4-2)11-8-6-5-7-9-11;/h3,5-9H,1-2,4H2;/q-2;/b10-3+;. The molecule has 1 radical (unpaired) electrons. The number of rotatable bonds is 2. The van der Waals surface area contributed by atoms with E-state index in [-0.39, 0.29) is 32.7 Å². The molecule has 1 aromatic rings. The summed E-state index contributed by atoms with van der Waals surface area (Å²) in [5.74, 6) is 0. The van der Waals surface area contributed by atoms with Crippen molar-refractivity contribution >= 4 is 5.57 Å². The van der Waals surface area contributed by atoms with E-state index < -0.39 is 0 Å². The quantitative estimate of drug-likeness (QED) is 0.688. The van der Waals surface area contributed by atoms with Crippen LogP contribution >= 0.6 is 0 Å². The Bertz CT molecular complexity index is 236. The third-order valence-corrected chi connectivity index (χ3v) is 1.66. The average Bonchev–Trinajstić information content (AvgIpc) is 2.09. The van der Waals surface area contributed by atoms with Crippen LogP contribution in [-0.2, 0) is 32.7 Å². The van der Waals surface area contributed by atoms with Crippen molar-refractivity contribution in [1.82, 2.24) is 0 Å². The van der Waals surface area contributed by atoms with E-state index in [1.54, 1.807) is 0 Å². The fraction of sp³-hybridized carbons (Fsp3) is 0.0909. The van der Waals surface area contributed by atoms with Crippen LogP contribution in [0.3, 0.4) is 0 Å². The SMILES string of the molecule is [CH2-]/C=C(\C[CH2-])c1ccccc1.[Y]. The summed E-state index contributed by atoms with van der Waals surface area (Å²) < 4.78 is 0. The Kier molecular flexibility index (Phi) is 6.41. The zero-order valence-electron chi connectivity index (χ0n) is 7.16. The van der Waals surface area contributed by atoms with Crippen LogP contribution in [0, 0.1) is 13.8 Å². The molecule has 0 fully saturated rings. The Balaban J connectivity index is 0.00000121. The minimum Gasteiger partial charge on any atom is -0.355 e. The first-order valence-electron chi connectivity index (χ1n) is 3.71. The van der Waals surface area contributed by atoms with Gasteiger partial charge in [0, 0.05) is 32.7 Å². The van der Waals surface area contributed by atoms with Crippen LogP contribution in [0.15, 0.2) is 36.4 Å². The van der Waals surface area contributed by atoms with Gasteiger partial charge in [-0.25, -0.2) is 25.0 Å². The van der Waals surface area contributed by atoms with Crippen molar-refractivity contribution in [3.63, 3.8) is 0 Å². The molecule has 0 saturated heterocycles. The summed E-state index contributed by atoms with van der Waals surface area (Å²) in [7, 11) is 0. The Morgan fingerprint density at radius 3 is 2.25 bits per heavy atom. The van der Waals surface area contributed by atoms with Gasteiger partial charge < -0.3 is 6.92 Å². The van der Waals surface area contributed by atoms with E-state index in [1.807, 2.05) is 24.3 Å². The van der Waals surface area contributed by atoms with E-state index in [4.69, 9.17) is 0 Å². The summed E-state index contributed by atoms with van der Waals surface area (Å²) in [6.07, 6.45) is 2.66. The van der Waals surface area contributed by atoms with Gasteiger partial charge in [-0.05, 0) is 0 Å². The van der Waals surface area contributed by atoms with E-state index in [1.165, 1.54) is 11.1 Å². The molecule has 0 saturated carbocycles. The van der Waals surface area contributed by atoms with Gasteiger partial charge >= 0.3 is 0 Å². The third-order valence-electron chi connectivity index (χ3n) is 1.66. The molecule has 1 rings (SSSR count). The maximum atomic E-state index is 3.82. The monoisotopic (exact) mass is 233 g/mol. The Morgan fingerprint density at radius 1 is 1.25 bits per heavy atom. The summed E-state index contributed by atoms with van der Waals surface area (Å²) in [5, 5.41) is 0. The summed E-state index contributed by atoms with van der Waals surface area (Å²) in [6, 6.07) is 10.2. The summed E-state index contributed by atoms with van der Waals surface area (Å²) in [6.45, 7) is 7.56. The molecule has 0 amide bonds. The van der Waals surface area contributed by atoms with Gasteiger partial charge in [0.15, 0.2) is 0 Å². The van der Waals surface area contributed by atoms with E-state index in [9.17, 15) is 0 Å². The van der Waals surface area contributed by atoms with E-state index in [0.29, 0.717) is 0 Å². The number of hydrogen-bond acceptors (Lipinski definition) is 0. The Labute approximate surface area is 100.0 Å². The van der Waals surface area contributed by atoms with Crippen molar-refractivity contribution < 1.29 is 32.7 Å². The molecule has 0 nitrogen and oxygen atoms in total. The third kappa shape index (κ3) is 3.12. The van der Waals surface area contributed by atoms with E-state index in [0.717, 1.165) is 6.42 Å². The maximum absolute atomic E-state index is 3.82. The van der Waals surface area contributed by atoms with Crippen LogP contribution in [0.5, 0.6) is 0 Å². The van der Waals surface area contributed by atoms with Gasteiger partial charge in [-0.15, -0.1) is 5.56 Å². The average molecular weight is 233 g/mol. The summed E-state index contributed by atoms with van der Waals surface area (Å²) >= 11 is 0. The normalized spacial score (nSPS) is 10.6. The molecule has 1 aromatic carbocycles. The van der Waals surface area contributed by atoms with Crippen LogP contribution < -0.4 is 0 Å². The molecule has 1 heteroatoms. The van der Waals surface area contributed by atoms with Gasteiger partial charge in [0.05, 0.1) is 0 Å². The van der Waals surface area contributed by atoms with Crippen LogP contribution in [0.2, 0.25) is 0 Å². The molecule has 61 valence electrons. The molecule has 0 atom stereocenters. The van der Waals surface area contributed by atoms with Gasteiger partial charge in [-0.2, -0.15) is 0 Å². The fourth-order valence-corrected chi connectivity index (χ4v) is 1.02. The minimum absolute atomic E-state index is 0. The first-order valence-corrected chi connectivity index (χ1v) is 3.71. The van der Waals surface area contributed by atoms with Crippen molar-refractivity contribution in [2.75, 3.05) is 0 Å². The van der Waals surface area contributed by atoms with Gasteiger partial charge in [-0.3, -0.25) is 0 Å². The van der Waals surface area contributed by atoms with Crippen LogP contribution in [-0.4, -0.2) is 0 Å². The molecule has 0 aromatic heterocycles. The van der Waals surface area contributed by atoms with Crippen molar-refractivity contribution in [2.45, 2.75) is 6.42 Å². The first-order chi connectivity index (χ1) is 5.38. The predicted molar refractivity (Wildman–Crippen MR) is 49.8 cm³/mol. The van der Waals surface area contributed by atoms with Gasteiger partial charge in [0.2, 0.25) is 0 Å². The molecule has 0 aliphatic carbocycles. The smallest absolute Gasteiger partial charge is 0 e. The molecule has 0 bridgehead atoms. The zero-order valence-corrected chi connectivity index (χ0v) is 10.0. The molecule has 0 N–H and O–H groups in total. The molecule has 0 unspecified atom stereocenters. The second-order valence-electron chi connectivity index (χ2n) is 2.35. The summed E-state index contributed by atoms with van der Waals surface area (Å²) in [5.41, 5.74) is 2.42. The second-order valence-corrected chi connectivity index (χ2v) is 2.35. The zero-order chi connectivity index (χ0) is 8.10. The topological polar surface area (TPSA) is 0 Å². The first kappa shape index (κ1) is 11.9. The molecular weight excluding hydrogens is 221 g/mol. The maximum Gasteiger partial charge on any atom is 0 e. The van der Waals surface area contributed by atoms with Crippen LogP contribution in [0.4, 0.5) is 0 Å². The largest absolute Gasteiger partial charge is 0.355 e. The van der Waals surface area contributed by atoms with Crippen molar-refractivity contribution in [3.8, 4) is 0 Å². The van der Waals surface area contributed by atoms with Crippen molar-refractivity contribution in [2.24, 2.45) is 0 Å². The van der Waals surface area contributed by atoms with Crippen LogP contribution in [0.25, 0.3) is 5.57 Å². The molecular formula is C11H12Y-2. The Morgan fingerprint density at radius 2 is 1.83 bits per heavy atom. The number of allylic oxidation sites excluding steroid dienone is 2. The van der Waals surface area contributed by atoms with Crippen molar-refractivity contribution in [3.05, 3.63) is 55.8 Å². The molecule has 0 aliphatic heterocycles. The van der Waals surface area contributed by atoms with E-state index >= 15 is 0 Å². The predicted octanol–water partition coefficient (Wildman–Crippen LogP) is 3.13. The Hall–Kier alpha value is -0.0661. The second kappa shape index (κ2) is 6.45. The number of hydrogen-bond donors (Lipinski definition) is 0.